The molecule has 11 heteroatoms. The predicted molar refractivity (Wildman–Crippen MR) is 131 cm³/mol. The Kier molecular flexibility index (Phi) is 9.14. The molecule has 2 atom stereocenters. The van der Waals surface area contributed by atoms with Crippen molar-refractivity contribution in [2.24, 2.45) is 0 Å². The van der Waals surface area contributed by atoms with Gasteiger partial charge in [-0.2, -0.15) is 0 Å². The van der Waals surface area contributed by atoms with Gasteiger partial charge in [0.15, 0.2) is 17.7 Å². The lowest BCUT2D eigenvalue weighted by Gasteiger charge is -2.33. The highest BCUT2D eigenvalue weighted by Crippen LogP contribution is 2.37. The maximum absolute atomic E-state index is 11.7. The minimum absolute atomic E-state index is 0.177. The summed E-state index contributed by atoms with van der Waals surface area (Å²) in [7, 11) is 1.53. The fraction of sp³-hybridized carbons (Fsp3) is 0.280. The van der Waals surface area contributed by atoms with Crippen LogP contribution in [0.3, 0.4) is 0 Å². The van der Waals surface area contributed by atoms with Crippen molar-refractivity contribution < 1.29 is 29.2 Å². The summed E-state index contributed by atoms with van der Waals surface area (Å²) in [5, 5.41) is 33.6. The summed E-state index contributed by atoms with van der Waals surface area (Å²) in [4.78, 5) is 23.1. The number of methoxy groups -OCH3 is 1. The number of aliphatic hydroxyl groups is 1. The van der Waals surface area contributed by atoms with E-state index in [1.54, 1.807) is 17.0 Å². The lowest BCUT2D eigenvalue weighted by atomic mass is 10.2. The van der Waals surface area contributed by atoms with Crippen LogP contribution in [0.4, 0.5) is 11.4 Å². The van der Waals surface area contributed by atoms with Crippen molar-refractivity contribution in [2.75, 3.05) is 20.3 Å². The second-order valence-electron chi connectivity index (χ2n) is 7.84. The number of hydrogen-bond acceptors (Lipinski definition) is 9. The number of para-hydroxylation sites is 3. The number of nitro groups is 2. The van der Waals surface area contributed by atoms with Crippen molar-refractivity contribution in [3.63, 3.8) is 0 Å². The van der Waals surface area contributed by atoms with Crippen LogP contribution < -0.4 is 14.2 Å². The number of aliphatic hydroxyl groups excluding tert-OH is 1. The summed E-state index contributed by atoms with van der Waals surface area (Å²) in [6.07, 6.45) is -2.19. The summed E-state index contributed by atoms with van der Waals surface area (Å²) in [6, 6.07) is 20.1. The largest absolute Gasteiger partial charge is 0.493 e. The number of ether oxygens (including phenoxy) is 3. The molecule has 0 amide bonds. The maximum Gasteiger partial charge on any atom is 0.387 e. The molecule has 11 nitrogen and oxygen atoms in total. The van der Waals surface area contributed by atoms with E-state index < -0.39 is 33.6 Å². The molecule has 36 heavy (non-hydrogen) atoms. The molecule has 1 N–H and O–H groups in total. The van der Waals surface area contributed by atoms with Gasteiger partial charge in [0.05, 0.1) is 17.0 Å². The highest BCUT2D eigenvalue weighted by Gasteiger charge is 2.33. The molecule has 0 saturated heterocycles. The van der Waals surface area contributed by atoms with Gasteiger partial charge in [-0.1, -0.05) is 48.5 Å². The van der Waals surface area contributed by atoms with Gasteiger partial charge >= 0.3 is 11.4 Å². The van der Waals surface area contributed by atoms with E-state index in [9.17, 15) is 25.3 Å². The van der Waals surface area contributed by atoms with Crippen LogP contribution in [0.15, 0.2) is 72.8 Å². The van der Waals surface area contributed by atoms with Crippen molar-refractivity contribution in [2.45, 2.75) is 25.8 Å². The zero-order valence-electron chi connectivity index (χ0n) is 19.9. The topological polar surface area (TPSA) is 137 Å². The number of rotatable bonds is 13. The van der Waals surface area contributed by atoms with Crippen LogP contribution in [0.25, 0.3) is 0 Å². The van der Waals surface area contributed by atoms with E-state index in [2.05, 4.69) is 0 Å². The van der Waals surface area contributed by atoms with E-state index in [1.165, 1.54) is 26.2 Å². The normalized spacial score (nSPS) is 12.6. The van der Waals surface area contributed by atoms with E-state index in [4.69, 9.17) is 14.2 Å². The first-order chi connectivity index (χ1) is 17.3. The molecule has 190 valence electrons. The quantitative estimate of drug-likeness (QED) is 0.209. The Morgan fingerprint density at radius 1 is 0.889 bits per heavy atom. The Hall–Kier alpha value is -4.22. The first kappa shape index (κ1) is 26.4. The Bertz CT molecular complexity index is 1170. The van der Waals surface area contributed by atoms with Crippen molar-refractivity contribution in [1.82, 2.24) is 4.90 Å². The summed E-state index contributed by atoms with van der Waals surface area (Å²) in [5.74, 6) is 0.773. The van der Waals surface area contributed by atoms with Crippen LogP contribution in [-0.2, 0) is 6.54 Å². The maximum atomic E-state index is 11.7. The highest BCUT2D eigenvalue weighted by molar-refractivity contribution is 5.61. The summed E-state index contributed by atoms with van der Waals surface area (Å²) >= 11 is 0. The Morgan fingerprint density at radius 3 is 2.14 bits per heavy atom. The van der Waals surface area contributed by atoms with Gasteiger partial charge in [-0.25, -0.2) is 0 Å². The van der Waals surface area contributed by atoms with E-state index in [1.807, 2.05) is 42.5 Å². The van der Waals surface area contributed by atoms with Gasteiger partial charge in [-0.3, -0.25) is 25.1 Å². The van der Waals surface area contributed by atoms with Gasteiger partial charge < -0.3 is 19.3 Å². The molecule has 3 rings (SSSR count). The fourth-order valence-corrected chi connectivity index (χ4v) is 3.67. The van der Waals surface area contributed by atoms with E-state index >= 15 is 0 Å². The SMILES string of the molecule is COc1ccccc1OCCN(Cc1ccccc1)C(Oc1cccc([N+](=O)[O-])c1[N+](=O)[O-])C(C)O. The number of hydrogen-bond donors (Lipinski definition) is 1. The molecule has 0 aliphatic rings. The molecule has 0 bridgehead atoms. The Labute approximate surface area is 207 Å². The molecule has 2 unspecified atom stereocenters. The van der Waals surface area contributed by atoms with Gasteiger partial charge in [0.2, 0.25) is 5.75 Å². The van der Waals surface area contributed by atoms with Crippen LogP contribution in [-0.4, -0.2) is 52.4 Å². The third kappa shape index (κ3) is 6.68. The lowest BCUT2D eigenvalue weighted by molar-refractivity contribution is -0.423. The third-order valence-electron chi connectivity index (χ3n) is 5.31. The van der Waals surface area contributed by atoms with E-state index in [0.29, 0.717) is 18.0 Å². The second kappa shape index (κ2) is 12.5. The van der Waals surface area contributed by atoms with Crippen LogP contribution in [0.5, 0.6) is 17.2 Å². The number of nitrogens with zero attached hydrogens (tertiary/aromatic N) is 3. The van der Waals surface area contributed by atoms with Crippen LogP contribution in [0, 0.1) is 20.2 Å². The average Bonchev–Trinajstić information content (AvgIpc) is 2.87. The minimum atomic E-state index is -1.11. The summed E-state index contributed by atoms with van der Waals surface area (Å²) < 4.78 is 17.1. The van der Waals surface area contributed by atoms with Crippen molar-refractivity contribution >= 4 is 11.4 Å². The van der Waals surface area contributed by atoms with Gasteiger partial charge in [0, 0.05) is 19.2 Å². The second-order valence-corrected chi connectivity index (χ2v) is 7.84. The molecule has 0 aliphatic carbocycles. The van der Waals surface area contributed by atoms with Crippen molar-refractivity contribution in [3.05, 3.63) is 98.6 Å². The average molecular weight is 498 g/mol. The number of benzene rings is 3. The van der Waals surface area contributed by atoms with Gasteiger partial charge in [0.1, 0.15) is 12.7 Å². The monoisotopic (exact) mass is 497 g/mol. The molecule has 0 aliphatic heterocycles. The molecule has 0 saturated carbocycles. The molecule has 3 aromatic rings. The van der Waals surface area contributed by atoms with Gasteiger partial charge in [-0.05, 0) is 30.7 Å². The molecule has 0 spiro atoms. The zero-order chi connectivity index (χ0) is 26.1. The molecule has 0 radical (unpaired) electrons. The predicted octanol–water partition coefficient (Wildman–Crippen LogP) is 4.18. The first-order valence-corrected chi connectivity index (χ1v) is 11.1. The molecule has 0 aromatic heterocycles. The van der Waals surface area contributed by atoms with Gasteiger partial charge in [-0.15, -0.1) is 0 Å². The Morgan fingerprint density at radius 2 is 1.53 bits per heavy atom. The standard InChI is InChI=1S/C25H27N3O8/c1-18(29)25(36-23-14-8-11-20(27(30)31)24(23)28(32)33)26(17-19-9-4-3-5-10-19)15-16-35-22-13-7-6-12-21(22)34-2/h3-14,18,25,29H,15-17H2,1-2H3. The molecule has 0 fully saturated rings. The molecular formula is C25H27N3O8. The molecule has 0 heterocycles. The highest BCUT2D eigenvalue weighted by atomic mass is 16.6. The lowest BCUT2D eigenvalue weighted by Crippen LogP contribution is -2.47. The summed E-state index contributed by atoms with van der Waals surface area (Å²) in [5.41, 5.74) is -0.577. The van der Waals surface area contributed by atoms with Crippen LogP contribution in [0.2, 0.25) is 0 Å². The first-order valence-electron chi connectivity index (χ1n) is 11.1. The van der Waals surface area contributed by atoms with Gasteiger partial charge in [0.25, 0.3) is 0 Å². The van der Waals surface area contributed by atoms with Crippen LogP contribution in [0.1, 0.15) is 12.5 Å². The van der Waals surface area contributed by atoms with Crippen molar-refractivity contribution in [3.8, 4) is 17.2 Å². The fourth-order valence-electron chi connectivity index (χ4n) is 3.67. The minimum Gasteiger partial charge on any atom is -0.493 e. The molecule has 3 aromatic carbocycles. The summed E-state index contributed by atoms with van der Waals surface area (Å²) in [6.45, 7) is 2.23. The smallest absolute Gasteiger partial charge is 0.387 e. The van der Waals surface area contributed by atoms with Crippen LogP contribution >= 0.6 is 0 Å². The Balaban J connectivity index is 1.89. The van der Waals surface area contributed by atoms with E-state index in [0.717, 1.165) is 11.6 Å². The zero-order valence-corrected chi connectivity index (χ0v) is 19.9. The molecular weight excluding hydrogens is 470 g/mol. The third-order valence-corrected chi connectivity index (χ3v) is 5.31. The number of nitro benzene ring substituents is 2. The van der Waals surface area contributed by atoms with E-state index in [-0.39, 0.29) is 18.9 Å². The van der Waals surface area contributed by atoms with Crippen molar-refractivity contribution in [1.29, 1.82) is 0 Å².